The molecule has 0 bridgehead atoms. The lowest BCUT2D eigenvalue weighted by Gasteiger charge is -2.09. The molecule has 0 aliphatic rings. The van der Waals surface area contributed by atoms with Gasteiger partial charge >= 0.3 is 0 Å². The van der Waals surface area contributed by atoms with E-state index in [0.717, 1.165) is 30.3 Å². The van der Waals surface area contributed by atoms with E-state index in [9.17, 15) is 27.3 Å². The average Bonchev–Trinajstić information content (AvgIpc) is 2.46. The number of anilines is 2. The van der Waals surface area contributed by atoms with Crippen LogP contribution in [0.15, 0.2) is 41.3 Å². The molecule has 0 unspecified atom stereocenters. The van der Waals surface area contributed by atoms with Crippen LogP contribution >= 0.6 is 11.6 Å². The van der Waals surface area contributed by atoms with E-state index in [1.54, 1.807) is 0 Å². The fourth-order valence-corrected chi connectivity index (χ4v) is 2.72. The predicted octanol–water partition coefficient (Wildman–Crippen LogP) is 3.83. The molecule has 122 valence electrons. The van der Waals surface area contributed by atoms with Gasteiger partial charge in [0.1, 0.15) is 11.5 Å². The average molecular weight is 363 g/mol. The Morgan fingerprint density at radius 1 is 1.22 bits per heavy atom. The molecule has 0 saturated carbocycles. The maximum absolute atomic E-state index is 13.3. The van der Waals surface area contributed by atoms with Crippen molar-refractivity contribution in [3.8, 4) is 0 Å². The van der Waals surface area contributed by atoms with Crippen LogP contribution in [0.1, 0.15) is 0 Å². The molecule has 6 nitrogen and oxygen atoms in total. The predicted molar refractivity (Wildman–Crippen MR) is 80.9 cm³/mol. The number of halogens is 3. The molecule has 0 amide bonds. The highest BCUT2D eigenvalue weighted by molar-refractivity contribution is 7.91. The van der Waals surface area contributed by atoms with Crippen LogP contribution in [-0.4, -0.2) is 19.3 Å². The van der Waals surface area contributed by atoms with Gasteiger partial charge in [0.2, 0.25) is 9.84 Å². The number of nitro benzene ring substituents is 1. The summed E-state index contributed by atoms with van der Waals surface area (Å²) in [6.07, 6.45) is 0. The molecule has 2 rings (SSSR count). The summed E-state index contributed by atoms with van der Waals surface area (Å²) < 4.78 is 48.7. The first-order valence-electron chi connectivity index (χ1n) is 6.03. The van der Waals surface area contributed by atoms with Gasteiger partial charge < -0.3 is 5.32 Å². The Morgan fingerprint density at radius 3 is 2.48 bits per heavy atom. The third-order valence-corrected chi connectivity index (χ3v) is 4.29. The SMILES string of the molecule is O=[N+]([O-])c1cc(S(=O)(=O)CF)ccc1Nc1cc(F)cc(Cl)c1. The Bertz CT molecular complexity index is 854. The van der Waals surface area contributed by atoms with Crippen LogP contribution in [0, 0.1) is 15.9 Å². The van der Waals surface area contributed by atoms with Gasteiger partial charge in [-0.1, -0.05) is 11.6 Å². The maximum atomic E-state index is 13.3. The quantitative estimate of drug-likeness (QED) is 0.645. The van der Waals surface area contributed by atoms with Crippen molar-refractivity contribution < 1.29 is 22.1 Å². The summed E-state index contributed by atoms with van der Waals surface area (Å²) in [7, 11) is -4.24. The molecule has 0 atom stereocenters. The highest BCUT2D eigenvalue weighted by atomic mass is 35.5. The largest absolute Gasteiger partial charge is 0.350 e. The van der Waals surface area contributed by atoms with Gasteiger partial charge in [-0.05, 0) is 30.3 Å². The summed E-state index contributed by atoms with van der Waals surface area (Å²) in [5.41, 5.74) is -0.548. The van der Waals surface area contributed by atoms with Crippen LogP contribution < -0.4 is 5.32 Å². The number of benzene rings is 2. The zero-order valence-electron chi connectivity index (χ0n) is 11.3. The standard InChI is InChI=1S/C13H9ClF2N2O4S/c14-8-3-9(16)5-10(4-8)17-12-2-1-11(23(21,22)7-15)6-13(12)18(19)20/h1-6,17H,7H2. The molecule has 0 aliphatic heterocycles. The van der Waals surface area contributed by atoms with Crippen molar-refractivity contribution in [3.63, 3.8) is 0 Å². The minimum Gasteiger partial charge on any atom is -0.350 e. The Kier molecular flexibility index (Phi) is 4.81. The summed E-state index contributed by atoms with van der Waals surface area (Å²) in [4.78, 5) is 9.74. The van der Waals surface area contributed by atoms with Gasteiger partial charge in [0.25, 0.3) is 5.69 Å². The first-order chi connectivity index (χ1) is 10.7. The molecule has 0 fully saturated rings. The van der Waals surface area contributed by atoms with Crippen molar-refractivity contribution >= 4 is 38.5 Å². The summed E-state index contributed by atoms with van der Waals surface area (Å²) >= 11 is 5.69. The first kappa shape index (κ1) is 17.1. The highest BCUT2D eigenvalue weighted by Gasteiger charge is 2.21. The van der Waals surface area contributed by atoms with Crippen molar-refractivity contribution in [2.45, 2.75) is 4.90 Å². The zero-order chi connectivity index (χ0) is 17.2. The number of hydrogen-bond donors (Lipinski definition) is 1. The fourth-order valence-electron chi connectivity index (χ4n) is 1.81. The summed E-state index contributed by atoms with van der Waals surface area (Å²) in [5.74, 6) is -0.653. The van der Waals surface area contributed by atoms with Crippen molar-refractivity contribution in [3.05, 3.63) is 57.4 Å². The highest BCUT2D eigenvalue weighted by Crippen LogP contribution is 2.31. The Morgan fingerprint density at radius 2 is 1.91 bits per heavy atom. The van der Waals surface area contributed by atoms with E-state index in [0.29, 0.717) is 0 Å². The van der Waals surface area contributed by atoms with Gasteiger partial charge in [-0.15, -0.1) is 0 Å². The van der Waals surface area contributed by atoms with Gasteiger partial charge in [0.05, 0.1) is 9.82 Å². The number of nitrogens with zero attached hydrogens (tertiary/aromatic N) is 1. The number of nitro groups is 1. The Balaban J connectivity index is 2.48. The second kappa shape index (κ2) is 6.47. The second-order valence-corrected chi connectivity index (χ2v) is 6.80. The fraction of sp³-hybridized carbons (Fsp3) is 0.0769. The van der Waals surface area contributed by atoms with Gasteiger partial charge in [0, 0.05) is 16.8 Å². The molecule has 2 aromatic carbocycles. The minimum absolute atomic E-state index is 0.0757. The van der Waals surface area contributed by atoms with Crippen LogP contribution in [0.4, 0.5) is 25.8 Å². The molecular weight excluding hydrogens is 354 g/mol. The van der Waals surface area contributed by atoms with Crippen LogP contribution in [-0.2, 0) is 9.84 Å². The monoisotopic (exact) mass is 362 g/mol. The number of rotatable bonds is 5. The molecule has 1 N–H and O–H groups in total. The van der Waals surface area contributed by atoms with Crippen LogP contribution in [0.3, 0.4) is 0 Å². The molecular formula is C13H9ClF2N2O4S. The third kappa shape index (κ3) is 3.93. The van der Waals surface area contributed by atoms with E-state index in [1.165, 1.54) is 6.07 Å². The first-order valence-corrected chi connectivity index (χ1v) is 8.06. The van der Waals surface area contributed by atoms with E-state index in [1.807, 2.05) is 0 Å². The molecule has 2 aromatic rings. The summed E-state index contributed by atoms with van der Waals surface area (Å²) in [5, 5.41) is 13.7. The molecule has 23 heavy (non-hydrogen) atoms. The lowest BCUT2D eigenvalue weighted by atomic mass is 10.2. The van der Waals surface area contributed by atoms with E-state index in [-0.39, 0.29) is 16.4 Å². The van der Waals surface area contributed by atoms with Gasteiger partial charge in [-0.3, -0.25) is 10.1 Å². The number of alkyl halides is 1. The van der Waals surface area contributed by atoms with Crippen molar-refractivity contribution in [1.82, 2.24) is 0 Å². The minimum atomic E-state index is -4.24. The summed E-state index contributed by atoms with van der Waals surface area (Å²) in [6, 6.07) is 4.62. The topological polar surface area (TPSA) is 89.3 Å². The normalized spacial score (nSPS) is 11.3. The van der Waals surface area contributed by atoms with Crippen LogP contribution in [0.25, 0.3) is 0 Å². The van der Waals surface area contributed by atoms with Gasteiger partial charge in [-0.25, -0.2) is 17.2 Å². The van der Waals surface area contributed by atoms with E-state index >= 15 is 0 Å². The van der Waals surface area contributed by atoms with Crippen LogP contribution in [0.5, 0.6) is 0 Å². The van der Waals surface area contributed by atoms with Gasteiger partial charge in [-0.2, -0.15) is 0 Å². The van der Waals surface area contributed by atoms with Gasteiger partial charge in [0.15, 0.2) is 6.01 Å². The third-order valence-electron chi connectivity index (χ3n) is 2.81. The number of sulfone groups is 1. The zero-order valence-corrected chi connectivity index (χ0v) is 12.9. The lowest BCUT2D eigenvalue weighted by molar-refractivity contribution is -0.384. The summed E-state index contributed by atoms with van der Waals surface area (Å²) in [6.45, 7) is 0. The molecule has 0 aromatic heterocycles. The molecule has 0 heterocycles. The van der Waals surface area contributed by atoms with E-state index < -0.39 is 37.2 Å². The van der Waals surface area contributed by atoms with Crippen molar-refractivity contribution in [2.75, 3.05) is 11.3 Å². The van der Waals surface area contributed by atoms with Crippen LogP contribution in [0.2, 0.25) is 5.02 Å². The Hall–Kier alpha value is -2.26. The second-order valence-electron chi connectivity index (χ2n) is 4.44. The maximum Gasteiger partial charge on any atom is 0.293 e. The van der Waals surface area contributed by atoms with Crippen molar-refractivity contribution in [1.29, 1.82) is 0 Å². The smallest absolute Gasteiger partial charge is 0.293 e. The molecule has 0 radical (unpaired) electrons. The molecule has 0 saturated heterocycles. The molecule has 0 aliphatic carbocycles. The molecule has 0 spiro atoms. The number of nitrogens with one attached hydrogen (secondary N) is 1. The lowest BCUT2D eigenvalue weighted by Crippen LogP contribution is -2.05. The Labute approximate surface area is 134 Å². The number of hydrogen-bond acceptors (Lipinski definition) is 5. The van der Waals surface area contributed by atoms with Crippen molar-refractivity contribution in [2.24, 2.45) is 0 Å². The van der Waals surface area contributed by atoms with E-state index in [2.05, 4.69) is 5.32 Å². The van der Waals surface area contributed by atoms with E-state index in [4.69, 9.17) is 11.6 Å². The molecule has 10 heteroatoms.